The molecule has 2 aromatic rings. The molecule has 0 aliphatic rings. The number of halogens is 2. The molecule has 0 aliphatic heterocycles. The molecule has 0 fully saturated rings. The van der Waals surface area contributed by atoms with Crippen molar-refractivity contribution in [3.05, 3.63) is 63.9 Å². The number of esters is 1. The van der Waals surface area contributed by atoms with Gasteiger partial charge < -0.3 is 9.47 Å². The lowest BCUT2D eigenvalue weighted by Gasteiger charge is -2.13. The molecule has 0 amide bonds. The summed E-state index contributed by atoms with van der Waals surface area (Å²) in [6.45, 7) is 1.47. The largest absolute Gasteiger partial charge is 0.497 e. The fourth-order valence-electron chi connectivity index (χ4n) is 1.92. The standard InChI is InChI=1S/C17H14BrFO4/c1-10(16(20)11-3-6-13(22-2)7-4-11)23-17(21)14-9-12(19)5-8-15(14)18/h3-10H,1-2H3/t10-/m0/s1. The quantitative estimate of drug-likeness (QED) is 0.580. The highest BCUT2D eigenvalue weighted by molar-refractivity contribution is 9.10. The Balaban J connectivity index is 2.10. The zero-order valence-electron chi connectivity index (χ0n) is 12.5. The van der Waals surface area contributed by atoms with Gasteiger partial charge in [-0.1, -0.05) is 0 Å². The topological polar surface area (TPSA) is 52.6 Å². The molecule has 0 bridgehead atoms. The Morgan fingerprint density at radius 1 is 1.13 bits per heavy atom. The van der Waals surface area contributed by atoms with Gasteiger partial charge in [-0.3, -0.25) is 4.79 Å². The van der Waals surface area contributed by atoms with E-state index in [4.69, 9.17) is 9.47 Å². The van der Waals surface area contributed by atoms with E-state index in [1.165, 1.54) is 26.2 Å². The minimum Gasteiger partial charge on any atom is -0.497 e. The molecule has 0 aliphatic carbocycles. The Morgan fingerprint density at radius 2 is 1.78 bits per heavy atom. The summed E-state index contributed by atoms with van der Waals surface area (Å²) in [5.74, 6) is -1.07. The summed E-state index contributed by atoms with van der Waals surface area (Å²) in [6, 6.07) is 10.1. The first-order valence-corrected chi connectivity index (χ1v) is 7.56. The molecule has 0 N–H and O–H groups in total. The average molecular weight is 381 g/mol. The third kappa shape index (κ3) is 4.16. The summed E-state index contributed by atoms with van der Waals surface area (Å²) >= 11 is 3.15. The van der Waals surface area contributed by atoms with Crippen LogP contribution in [-0.4, -0.2) is 25.0 Å². The van der Waals surface area contributed by atoms with Gasteiger partial charge in [0.15, 0.2) is 6.10 Å². The van der Waals surface area contributed by atoms with E-state index in [0.29, 0.717) is 15.8 Å². The lowest BCUT2D eigenvalue weighted by Crippen LogP contribution is -2.24. The maximum atomic E-state index is 13.2. The van der Waals surface area contributed by atoms with E-state index in [0.717, 1.165) is 6.07 Å². The Labute approximate surface area is 141 Å². The van der Waals surface area contributed by atoms with E-state index < -0.39 is 17.9 Å². The highest BCUT2D eigenvalue weighted by atomic mass is 79.9. The molecule has 4 nitrogen and oxygen atoms in total. The van der Waals surface area contributed by atoms with E-state index in [-0.39, 0.29) is 11.3 Å². The van der Waals surface area contributed by atoms with Crippen LogP contribution in [0, 0.1) is 5.82 Å². The van der Waals surface area contributed by atoms with Crippen LogP contribution in [0.1, 0.15) is 27.6 Å². The molecule has 0 spiro atoms. The number of benzene rings is 2. The van der Waals surface area contributed by atoms with E-state index in [1.54, 1.807) is 24.3 Å². The van der Waals surface area contributed by atoms with Crippen LogP contribution in [0.15, 0.2) is 46.9 Å². The van der Waals surface area contributed by atoms with Crippen molar-refractivity contribution in [3.63, 3.8) is 0 Å². The number of ether oxygens (including phenoxy) is 2. The molecule has 2 aromatic carbocycles. The number of rotatable bonds is 5. The van der Waals surface area contributed by atoms with Crippen molar-refractivity contribution in [2.45, 2.75) is 13.0 Å². The zero-order valence-corrected chi connectivity index (χ0v) is 14.1. The third-order valence-electron chi connectivity index (χ3n) is 3.18. The van der Waals surface area contributed by atoms with Gasteiger partial charge in [0.1, 0.15) is 11.6 Å². The van der Waals surface area contributed by atoms with Gasteiger partial charge in [0.2, 0.25) is 5.78 Å². The molecule has 0 heterocycles. The number of carbonyl (C=O) groups is 2. The fraction of sp³-hybridized carbons (Fsp3) is 0.176. The number of hydrogen-bond donors (Lipinski definition) is 0. The molecule has 120 valence electrons. The Bertz CT molecular complexity index is 728. The Hall–Kier alpha value is -2.21. The normalized spacial score (nSPS) is 11.7. The monoisotopic (exact) mass is 380 g/mol. The van der Waals surface area contributed by atoms with E-state index in [1.807, 2.05) is 0 Å². The second kappa shape index (κ2) is 7.37. The zero-order chi connectivity index (χ0) is 17.0. The van der Waals surface area contributed by atoms with Crippen LogP contribution in [0.4, 0.5) is 4.39 Å². The van der Waals surface area contributed by atoms with Crippen molar-refractivity contribution in [2.75, 3.05) is 7.11 Å². The van der Waals surface area contributed by atoms with Gasteiger partial charge >= 0.3 is 5.97 Å². The van der Waals surface area contributed by atoms with Gasteiger partial charge in [-0.2, -0.15) is 0 Å². The summed E-state index contributed by atoms with van der Waals surface area (Å²) in [6.07, 6.45) is -0.994. The maximum absolute atomic E-state index is 13.2. The van der Waals surface area contributed by atoms with Crippen LogP contribution in [-0.2, 0) is 4.74 Å². The molecule has 0 radical (unpaired) electrons. The predicted molar refractivity (Wildman–Crippen MR) is 86.3 cm³/mol. The number of hydrogen-bond acceptors (Lipinski definition) is 4. The van der Waals surface area contributed by atoms with Crippen molar-refractivity contribution < 1.29 is 23.5 Å². The predicted octanol–water partition coefficient (Wildman–Crippen LogP) is 4.03. The van der Waals surface area contributed by atoms with Crippen molar-refractivity contribution in [2.24, 2.45) is 0 Å². The second-order valence-electron chi connectivity index (χ2n) is 4.76. The molecule has 23 heavy (non-hydrogen) atoms. The van der Waals surface area contributed by atoms with Gasteiger partial charge in [0.25, 0.3) is 0 Å². The van der Waals surface area contributed by atoms with Gasteiger partial charge in [0.05, 0.1) is 12.7 Å². The Kier molecular flexibility index (Phi) is 5.50. The number of Topliss-reactive ketones (excluding diaryl/α,β-unsaturated/α-hetero) is 1. The van der Waals surface area contributed by atoms with Crippen molar-refractivity contribution >= 4 is 27.7 Å². The molecule has 0 saturated carbocycles. The van der Waals surface area contributed by atoms with Crippen LogP contribution in [0.2, 0.25) is 0 Å². The van der Waals surface area contributed by atoms with Crippen molar-refractivity contribution in [1.82, 2.24) is 0 Å². The number of methoxy groups -OCH3 is 1. The molecule has 2 rings (SSSR count). The first-order valence-electron chi connectivity index (χ1n) is 6.76. The molecule has 0 unspecified atom stereocenters. The van der Waals surface area contributed by atoms with Crippen molar-refractivity contribution in [1.29, 1.82) is 0 Å². The van der Waals surface area contributed by atoms with Gasteiger partial charge in [-0.05, 0) is 65.3 Å². The lowest BCUT2D eigenvalue weighted by atomic mass is 10.1. The van der Waals surface area contributed by atoms with Crippen LogP contribution < -0.4 is 4.74 Å². The van der Waals surface area contributed by atoms with E-state index in [2.05, 4.69) is 15.9 Å². The van der Waals surface area contributed by atoms with Crippen LogP contribution in [0.3, 0.4) is 0 Å². The molecule has 6 heteroatoms. The SMILES string of the molecule is COc1ccc(C(=O)[C@H](C)OC(=O)c2cc(F)ccc2Br)cc1. The first-order chi connectivity index (χ1) is 10.9. The summed E-state index contributed by atoms with van der Waals surface area (Å²) in [5.41, 5.74) is 0.420. The average Bonchev–Trinajstić information content (AvgIpc) is 2.56. The first kappa shape index (κ1) is 17.1. The summed E-state index contributed by atoms with van der Waals surface area (Å²) < 4.78 is 23.8. The minimum atomic E-state index is -0.994. The molecule has 1 atom stereocenters. The van der Waals surface area contributed by atoms with Gasteiger partial charge in [0, 0.05) is 10.0 Å². The smallest absolute Gasteiger partial charge is 0.340 e. The highest BCUT2D eigenvalue weighted by Gasteiger charge is 2.22. The third-order valence-corrected chi connectivity index (χ3v) is 3.87. The summed E-state index contributed by atoms with van der Waals surface area (Å²) in [5, 5.41) is 0. The van der Waals surface area contributed by atoms with Crippen LogP contribution in [0.25, 0.3) is 0 Å². The van der Waals surface area contributed by atoms with Gasteiger partial charge in [-0.25, -0.2) is 9.18 Å². The number of carbonyl (C=O) groups excluding carboxylic acids is 2. The molecule has 0 aromatic heterocycles. The lowest BCUT2D eigenvalue weighted by molar-refractivity contribution is 0.0317. The highest BCUT2D eigenvalue weighted by Crippen LogP contribution is 2.20. The molecular formula is C17H14BrFO4. The minimum absolute atomic E-state index is 0.0272. The van der Waals surface area contributed by atoms with Crippen LogP contribution in [0.5, 0.6) is 5.75 Å². The van der Waals surface area contributed by atoms with Crippen LogP contribution >= 0.6 is 15.9 Å². The second-order valence-corrected chi connectivity index (χ2v) is 5.62. The molecular weight excluding hydrogens is 367 g/mol. The van der Waals surface area contributed by atoms with E-state index >= 15 is 0 Å². The molecule has 0 saturated heterocycles. The number of ketones is 1. The Morgan fingerprint density at radius 3 is 2.39 bits per heavy atom. The fourth-order valence-corrected chi connectivity index (χ4v) is 2.33. The van der Waals surface area contributed by atoms with Crippen molar-refractivity contribution in [3.8, 4) is 5.75 Å². The van der Waals surface area contributed by atoms with E-state index in [9.17, 15) is 14.0 Å². The maximum Gasteiger partial charge on any atom is 0.340 e. The van der Waals surface area contributed by atoms with Gasteiger partial charge in [-0.15, -0.1) is 0 Å². The summed E-state index contributed by atoms with van der Waals surface area (Å²) in [4.78, 5) is 24.3. The summed E-state index contributed by atoms with van der Waals surface area (Å²) in [7, 11) is 1.53.